The molecule has 28 heavy (non-hydrogen) atoms. The number of allylic oxidation sites excluding steroid dienone is 1. The molecule has 0 aliphatic heterocycles. The lowest BCUT2D eigenvalue weighted by Crippen LogP contribution is -1.97. The Morgan fingerprint density at radius 1 is 0.964 bits per heavy atom. The highest BCUT2D eigenvalue weighted by Crippen LogP contribution is 2.31. The Morgan fingerprint density at radius 3 is 2.43 bits per heavy atom. The Labute approximate surface area is 174 Å². The summed E-state index contributed by atoms with van der Waals surface area (Å²) in [6, 6.07) is 22.7. The van der Waals surface area contributed by atoms with Crippen LogP contribution in [0.2, 0.25) is 10.0 Å². The van der Waals surface area contributed by atoms with Crippen molar-refractivity contribution in [2.24, 2.45) is 0 Å². The average molecular weight is 410 g/mol. The lowest BCUT2D eigenvalue weighted by molar-refractivity contribution is 0.284. The van der Waals surface area contributed by atoms with Crippen LogP contribution in [0, 0.1) is 11.3 Å². The zero-order valence-electron chi connectivity index (χ0n) is 15.2. The zero-order valence-corrected chi connectivity index (χ0v) is 16.7. The minimum Gasteiger partial charge on any atom is -0.493 e. The maximum atomic E-state index is 9.54. The smallest absolute Gasteiger partial charge is 0.161 e. The maximum absolute atomic E-state index is 9.54. The van der Waals surface area contributed by atoms with Crippen molar-refractivity contribution in [1.82, 2.24) is 0 Å². The highest BCUT2D eigenvalue weighted by Gasteiger charge is 2.08. The number of hydrogen-bond donors (Lipinski definition) is 0. The van der Waals surface area contributed by atoms with Crippen molar-refractivity contribution in [3.05, 3.63) is 93.5 Å². The lowest BCUT2D eigenvalue weighted by atomic mass is 10.0. The van der Waals surface area contributed by atoms with E-state index in [2.05, 4.69) is 6.07 Å². The number of nitriles is 1. The second-order valence-corrected chi connectivity index (χ2v) is 6.80. The van der Waals surface area contributed by atoms with Crippen LogP contribution in [0.1, 0.15) is 16.7 Å². The van der Waals surface area contributed by atoms with Gasteiger partial charge in [-0.05, 0) is 47.0 Å². The van der Waals surface area contributed by atoms with E-state index in [0.717, 1.165) is 11.1 Å². The minimum atomic E-state index is 0.405. The molecule has 0 aliphatic rings. The number of benzene rings is 3. The Bertz CT molecular complexity index is 1040. The third-order valence-corrected chi connectivity index (χ3v) is 4.83. The first-order valence-corrected chi connectivity index (χ1v) is 9.28. The van der Waals surface area contributed by atoms with E-state index in [1.165, 1.54) is 0 Å². The Morgan fingerprint density at radius 2 is 1.75 bits per heavy atom. The lowest BCUT2D eigenvalue weighted by Gasteiger charge is -2.11. The Balaban J connectivity index is 1.84. The molecule has 3 aromatic carbocycles. The molecule has 3 rings (SSSR count). The van der Waals surface area contributed by atoms with Gasteiger partial charge in [0.25, 0.3) is 0 Å². The van der Waals surface area contributed by atoms with E-state index < -0.39 is 0 Å². The molecule has 3 nitrogen and oxygen atoms in total. The van der Waals surface area contributed by atoms with Crippen molar-refractivity contribution >= 4 is 34.9 Å². The normalized spacial score (nSPS) is 11.0. The first-order chi connectivity index (χ1) is 13.6. The predicted molar refractivity (Wildman–Crippen MR) is 114 cm³/mol. The van der Waals surface area contributed by atoms with Crippen LogP contribution >= 0.6 is 23.2 Å². The monoisotopic (exact) mass is 409 g/mol. The largest absolute Gasteiger partial charge is 0.493 e. The predicted octanol–water partition coefficient (Wildman–Crippen LogP) is 6.65. The molecule has 0 saturated carbocycles. The van der Waals surface area contributed by atoms with Crippen molar-refractivity contribution in [2.75, 3.05) is 7.11 Å². The fraction of sp³-hybridized carbons (Fsp3) is 0.0870. The maximum Gasteiger partial charge on any atom is 0.161 e. The van der Waals surface area contributed by atoms with Gasteiger partial charge >= 0.3 is 0 Å². The van der Waals surface area contributed by atoms with Crippen LogP contribution in [0.5, 0.6) is 11.5 Å². The van der Waals surface area contributed by atoms with Crippen molar-refractivity contribution in [3.8, 4) is 17.6 Å². The summed E-state index contributed by atoms with van der Waals surface area (Å²) in [5.41, 5.74) is 3.05. The highest BCUT2D eigenvalue weighted by atomic mass is 35.5. The van der Waals surface area contributed by atoms with E-state index in [9.17, 15) is 5.26 Å². The van der Waals surface area contributed by atoms with Gasteiger partial charge in [-0.1, -0.05) is 65.7 Å². The van der Waals surface area contributed by atoms with E-state index in [1.807, 2.05) is 48.5 Å². The topological polar surface area (TPSA) is 42.2 Å². The van der Waals surface area contributed by atoms with Crippen molar-refractivity contribution in [2.45, 2.75) is 6.61 Å². The summed E-state index contributed by atoms with van der Waals surface area (Å²) in [6.07, 6.45) is 1.77. The van der Waals surface area contributed by atoms with Gasteiger partial charge in [-0.3, -0.25) is 0 Å². The molecule has 3 aromatic rings. The molecule has 0 N–H and O–H groups in total. The molecule has 0 fully saturated rings. The summed E-state index contributed by atoms with van der Waals surface area (Å²) < 4.78 is 11.3. The van der Waals surface area contributed by atoms with Crippen LogP contribution < -0.4 is 9.47 Å². The van der Waals surface area contributed by atoms with Crippen LogP contribution in [0.4, 0.5) is 0 Å². The van der Waals surface area contributed by atoms with E-state index in [0.29, 0.717) is 39.3 Å². The molecule has 0 aromatic heterocycles. The van der Waals surface area contributed by atoms with Gasteiger partial charge < -0.3 is 9.47 Å². The summed E-state index contributed by atoms with van der Waals surface area (Å²) in [5.74, 6) is 1.23. The molecule has 0 spiro atoms. The molecule has 0 amide bonds. The third kappa shape index (κ3) is 4.86. The van der Waals surface area contributed by atoms with Gasteiger partial charge in [0.15, 0.2) is 11.5 Å². The quantitative estimate of drug-likeness (QED) is 0.338. The van der Waals surface area contributed by atoms with Gasteiger partial charge in [0, 0.05) is 0 Å². The second-order valence-electron chi connectivity index (χ2n) is 5.98. The Kier molecular flexibility index (Phi) is 6.60. The molecule has 140 valence electrons. The fourth-order valence-electron chi connectivity index (χ4n) is 2.64. The standard InChI is InChI=1S/C23H17Cl2NO2/c1-27-23-12-17(7-10-22(23)28-15-16-5-3-2-4-6-16)11-19(14-26)18-8-9-20(24)21(25)13-18/h2-13H,15H2,1H3/b19-11-. The summed E-state index contributed by atoms with van der Waals surface area (Å²) in [4.78, 5) is 0. The van der Waals surface area contributed by atoms with Crippen molar-refractivity contribution in [1.29, 1.82) is 5.26 Å². The summed E-state index contributed by atoms with van der Waals surface area (Å²) in [7, 11) is 1.59. The summed E-state index contributed by atoms with van der Waals surface area (Å²) in [6.45, 7) is 0.444. The van der Waals surface area contributed by atoms with Crippen LogP contribution in [-0.4, -0.2) is 7.11 Å². The highest BCUT2D eigenvalue weighted by molar-refractivity contribution is 6.42. The minimum absolute atomic E-state index is 0.405. The van der Waals surface area contributed by atoms with E-state index in [4.69, 9.17) is 32.7 Å². The number of rotatable bonds is 6. The number of ether oxygens (including phenoxy) is 2. The van der Waals surface area contributed by atoms with Crippen molar-refractivity contribution < 1.29 is 9.47 Å². The number of methoxy groups -OCH3 is 1. The first-order valence-electron chi connectivity index (χ1n) is 8.52. The molecule has 0 aliphatic carbocycles. The van der Waals surface area contributed by atoms with Crippen LogP contribution in [0.3, 0.4) is 0 Å². The summed E-state index contributed by atoms with van der Waals surface area (Å²) >= 11 is 12.0. The average Bonchev–Trinajstić information content (AvgIpc) is 2.73. The molecular weight excluding hydrogens is 393 g/mol. The molecule has 0 atom stereocenters. The molecule has 0 bridgehead atoms. The second kappa shape index (κ2) is 9.32. The zero-order chi connectivity index (χ0) is 19.9. The van der Waals surface area contributed by atoms with Crippen LogP contribution in [0.15, 0.2) is 66.7 Å². The SMILES string of the molecule is COc1cc(/C=C(/C#N)c2ccc(Cl)c(Cl)c2)ccc1OCc1ccccc1. The van der Waals surface area contributed by atoms with E-state index >= 15 is 0 Å². The third-order valence-electron chi connectivity index (χ3n) is 4.09. The number of halogens is 2. The van der Waals surface area contributed by atoms with Crippen molar-refractivity contribution in [3.63, 3.8) is 0 Å². The molecule has 5 heteroatoms. The van der Waals surface area contributed by atoms with Gasteiger partial charge in [0.1, 0.15) is 6.61 Å². The number of hydrogen-bond acceptors (Lipinski definition) is 3. The van der Waals surface area contributed by atoms with Gasteiger partial charge in [-0.15, -0.1) is 0 Å². The van der Waals surface area contributed by atoms with Gasteiger partial charge in [0.05, 0.1) is 28.8 Å². The molecule has 0 heterocycles. The van der Waals surface area contributed by atoms with E-state index in [-0.39, 0.29) is 0 Å². The van der Waals surface area contributed by atoms with Crippen LogP contribution in [-0.2, 0) is 6.61 Å². The van der Waals surface area contributed by atoms with Gasteiger partial charge in [0.2, 0.25) is 0 Å². The molecular formula is C23H17Cl2NO2. The molecule has 0 radical (unpaired) electrons. The fourth-order valence-corrected chi connectivity index (χ4v) is 2.94. The van der Waals surface area contributed by atoms with Crippen LogP contribution in [0.25, 0.3) is 11.6 Å². The first kappa shape index (κ1) is 19.8. The molecule has 0 saturated heterocycles. The number of nitrogens with zero attached hydrogens (tertiary/aromatic N) is 1. The summed E-state index contributed by atoms with van der Waals surface area (Å²) in [5, 5.41) is 10.4. The Hall–Kier alpha value is -2.93. The van der Waals surface area contributed by atoms with Gasteiger partial charge in [-0.25, -0.2) is 0 Å². The molecule has 0 unspecified atom stereocenters. The van der Waals surface area contributed by atoms with E-state index in [1.54, 1.807) is 31.4 Å². The van der Waals surface area contributed by atoms with Gasteiger partial charge in [-0.2, -0.15) is 5.26 Å².